The molecule has 0 saturated carbocycles. The minimum atomic E-state index is 0. The summed E-state index contributed by atoms with van der Waals surface area (Å²) in [6.07, 6.45) is 3.06. The summed E-state index contributed by atoms with van der Waals surface area (Å²) in [6.45, 7) is 7.41. The highest BCUT2D eigenvalue weighted by atomic mass is 35.5. The molecule has 2 aliphatic heterocycles. The largest absolute Gasteiger partial charge is 0.315 e. The summed E-state index contributed by atoms with van der Waals surface area (Å²) in [6, 6.07) is 2.39. The summed E-state index contributed by atoms with van der Waals surface area (Å²) in [5, 5.41) is 5.34. The van der Waals surface area contributed by atoms with Gasteiger partial charge in [-0.2, -0.15) is 0 Å². The number of piperazine rings is 1. The van der Waals surface area contributed by atoms with E-state index in [0.29, 0.717) is 6.04 Å². The van der Waals surface area contributed by atoms with E-state index in [9.17, 15) is 4.79 Å². The number of aromatic nitrogens is 2. The molecular weight excluding hydrogens is 334 g/mol. The third-order valence-corrected chi connectivity index (χ3v) is 5.46. The fourth-order valence-electron chi connectivity index (χ4n) is 3.44. The molecule has 8 heteroatoms. The van der Waals surface area contributed by atoms with Gasteiger partial charge in [0.05, 0.1) is 5.69 Å². The summed E-state index contributed by atoms with van der Waals surface area (Å²) in [5.74, 6) is 0. The Kier molecular flexibility index (Phi) is 5.33. The van der Waals surface area contributed by atoms with Gasteiger partial charge >= 0.3 is 0 Å². The van der Waals surface area contributed by atoms with Gasteiger partial charge in [-0.1, -0.05) is 0 Å². The van der Waals surface area contributed by atoms with E-state index in [1.165, 1.54) is 17.8 Å². The lowest BCUT2D eigenvalue weighted by molar-refractivity contribution is 0.0974. The molecular formula is C15H22ClN5OS. The second kappa shape index (κ2) is 7.27. The van der Waals surface area contributed by atoms with Crippen LogP contribution in [0.5, 0.6) is 0 Å². The molecule has 1 atom stereocenters. The van der Waals surface area contributed by atoms with Crippen molar-refractivity contribution in [3.63, 3.8) is 0 Å². The number of rotatable bonds is 3. The van der Waals surface area contributed by atoms with Crippen LogP contribution in [0, 0.1) is 0 Å². The molecule has 1 N–H and O–H groups in total. The molecule has 23 heavy (non-hydrogen) atoms. The van der Waals surface area contributed by atoms with Crippen molar-refractivity contribution in [1.82, 2.24) is 24.5 Å². The number of nitrogens with zero attached hydrogens (tertiary/aromatic N) is 4. The van der Waals surface area contributed by atoms with Crippen LogP contribution in [0.1, 0.15) is 12.1 Å². The van der Waals surface area contributed by atoms with Gasteiger partial charge in [0.1, 0.15) is 0 Å². The van der Waals surface area contributed by atoms with E-state index in [2.05, 4.69) is 20.1 Å². The maximum Gasteiger partial charge on any atom is 0.258 e. The standard InChI is InChI=1S/C15H21N5OS.ClH/c21-14-9-12(17-15-20(14)7-8-22-15)11-18-3-5-19(6-4-18)13-1-2-16-10-13;/h7-9,13,16H,1-6,10-11H2;1H. The highest BCUT2D eigenvalue weighted by molar-refractivity contribution is 7.15. The number of hydrogen-bond acceptors (Lipinski definition) is 6. The molecule has 2 fully saturated rings. The van der Waals surface area contributed by atoms with E-state index in [4.69, 9.17) is 0 Å². The van der Waals surface area contributed by atoms with Crippen LogP contribution in [0.2, 0.25) is 0 Å². The molecule has 2 aromatic heterocycles. The first-order valence-electron chi connectivity index (χ1n) is 7.92. The van der Waals surface area contributed by atoms with Crippen molar-refractivity contribution in [3.05, 3.63) is 33.7 Å². The smallest absolute Gasteiger partial charge is 0.258 e. The molecule has 0 radical (unpaired) electrons. The van der Waals surface area contributed by atoms with E-state index in [1.807, 2.05) is 5.38 Å². The van der Waals surface area contributed by atoms with E-state index in [-0.39, 0.29) is 18.0 Å². The molecule has 0 bridgehead atoms. The third kappa shape index (κ3) is 3.59. The van der Waals surface area contributed by atoms with Gasteiger partial charge in [-0.15, -0.1) is 23.7 Å². The Labute approximate surface area is 145 Å². The van der Waals surface area contributed by atoms with Crippen molar-refractivity contribution in [3.8, 4) is 0 Å². The Hall–Kier alpha value is -0.990. The summed E-state index contributed by atoms with van der Waals surface area (Å²) >= 11 is 1.51. The summed E-state index contributed by atoms with van der Waals surface area (Å²) < 4.78 is 1.61. The van der Waals surface area contributed by atoms with Gasteiger partial charge in [0.15, 0.2) is 4.96 Å². The second-order valence-electron chi connectivity index (χ2n) is 6.10. The number of thiazole rings is 1. The molecule has 6 nitrogen and oxygen atoms in total. The highest BCUT2D eigenvalue weighted by Gasteiger charge is 2.26. The predicted molar refractivity (Wildman–Crippen MR) is 94.7 cm³/mol. The molecule has 0 amide bonds. The number of fused-ring (bicyclic) bond motifs is 1. The predicted octanol–water partition coefficient (Wildman–Crippen LogP) is 0.657. The van der Waals surface area contributed by atoms with Crippen molar-refractivity contribution in [2.45, 2.75) is 19.0 Å². The van der Waals surface area contributed by atoms with Crippen LogP contribution < -0.4 is 10.9 Å². The number of nitrogens with one attached hydrogen (secondary N) is 1. The lowest BCUT2D eigenvalue weighted by Crippen LogP contribution is -2.50. The molecule has 4 rings (SSSR count). The summed E-state index contributed by atoms with van der Waals surface area (Å²) in [7, 11) is 0. The van der Waals surface area contributed by atoms with Crippen molar-refractivity contribution in [2.24, 2.45) is 0 Å². The van der Waals surface area contributed by atoms with E-state index in [1.54, 1.807) is 16.7 Å². The topological polar surface area (TPSA) is 52.9 Å². The van der Waals surface area contributed by atoms with Gasteiger partial charge < -0.3 is 5.32 Å². The Morgan fingerprint density at radius 1 is 1.30 bits per heavy atom. The van der Waals surface area contributed by atoms with Crippen molar-refractivity contribution in [1.29, 1.82) is 0 Å². The normalized spacial score (nSPS) is 23.2. The van der Waals surface area contributed by atoms with Crippen LogP contribution in [-0.4, -0.2) is 64.5 Å². The zero-order chi connectivity index (χ0) is 14.9. The van der Waals surface area contributed by atoms with E-state index < -0.39 is 0 Å². The van der Waals surface area contributed by atoms with Gasteiger partial charge in [-0.3, -0.25) is 19.0 Å². The maximum atomic E-state index is 12.0. The molecule has 0 aromatic carbocycles. The zero-order valence-electron chi connectivity index (χ0n) is 13.0. The first-order valence-corrected chi connectivity index (χ1v) is 8.80. The van der Waals surface area contributed by atoms with Crippen molar-refractivity contribution >= 4 is 28.7 Å². The molecule has 1 unspecified atom stereocenters. The molecule has 2 aliphatic rings. The van der Waals surface area contributed by atoms with Crippen LogP contribution in [0.15, 0.2) is 22.4 Å². The Morgan fingerprint density at radius 3 is 2.87 bits per heavy atom. The zero-order valence-corrected chi connectivity index (χ0v) is 14.6. The lowest BCUT2D eigenvalue weighted by Gasteiger charge is -2.37. The fraction of sp³-hybridized carbons (Fsp3) is 0.600. The summed E-state index contributed by atoms with van der Waals surface area (Å²) in [5.41, 5.74) is 0.917. The van der Waals surface area contributed by atoms with Crippen LogP contribution in [0.4, 0.5) is 0 Å². The van der Waals surface area contributed by atoms with Crippen LogP contribution in [-0.2, 0) is 6.54 Å². The highest BCUT2D eigenvalue weighted by Crippen LogP contribution is 2.14. The average Bonchev–Trinajstić information content (AvgIpc) is 3.19. The van der Waals surface area contributed by atoms with Gasteiger partial charge in [0.25, 0.3) is 5.56 Å². The summed E-state index contributed by atoms with van der Waals surface area (Å²) in [4.78, 5) is 22.4. The Morgan fingerprint density at radius 2 is 2.13 bits per heavy atom. The third-order valence-electron chi connectivity index (χ3n) is 4.70. The minimum absolute atomic E-state index is 0. The molecule has 4 heterocycles. The molecule has 2 saturated heterocycles. The maximum absolute atomic E-state index is 12.0. The Bertz CT molecular complexity index is 703. The quantitative estimate of drug-likeness (QED) is 0.876. The van der Waals surface area contributed by atoms with Gasteiger partial charge in [0.2, 0.25) is 0 Å². The van der Waals surface area contributed by atoms with E-state index >= 15 is 0 Å². The minimum Gasteiger partial charge on any atom is -0.315 e. The van der Waals surface area contributed by atoms with Gasteiger partial charge in [-0.25, -0.2) is 4.98 Å². The lowest BCUT2D eigenvalue weighted by atomic mass is 10.2. The van der Waals surface area contributed by atoms with Crippen LogP contribution in [0.25, 0.3) is 4.96 Å². The first kappa shape index (κ1) is 16.9. The van der Waals surface area contributed by atoms with Gasteiger partial charge in [-0.05, 0) is 13.0 Å². The number of hydrogen-bond donors (Lipinski definition) is 1. The molecule has 0 spiro atoms. The average molecular weight is 356 g/mol. The molecule has 126 valence electrons. The van der Waals surface area contributed by atoms with Crippen molar-refractivity contribution < 1.29 is 0 Å². The monoisotopic (exact) mass is 355 g/mol. The number of halogens is 1. The van der Waals surface area contributed by atoms with Gasteiger partial charge in [0, 0.05) is 63.0 Å². The molecule has 0 aliphatic carbocycles. The molecule has 2 aromatic rings. The first-order chi connectivity index (χ1) is 10.8. The van der Waals surface area contributed by atoms with Crippen LogP contribution >= 0.6 is 23.7 Å². The van der Waals surface area contributed by atoms with Crippen LogP contribution in [0.3, 0.4) is 0 Å². The fourth-order valence-corrected chi connectivity index (χ4v) is 4.17. The SMILES string of the molecule is Cl.O=c1cc(CN2CCN(C3CCNC3)CC2)nc2sccn12. The second-order valence-corrected chi connectivity index (χ2v) is 6.97. The van der Waals surface area contributed by atoms with Crippen molar-refractivity contribution in [2.75, 3.05) is 39.3 Å². The van der Waals surface area contributed by atoms with E-state index in [0.717, 1.165) is 56.5 Å². The Balaban J connectivity index is 0.00000156.